The molecule has 13 heavy (non-hydrogen) atoms. The van der Waals surface area contributed by atoms with Crippen LogP contribution in [0.3, 0.4) is 0 Å². The molecule has 76 valence electrons. The van der Waals surface area contributed by atoms with Gasteiger partial charge in [-0.1, -0.05) is 0 Å². The summed E-state index contributed by atoms with van der Waals surface area (Å²) in [4.78, 5) is 21.1. The summed E-state index contributed by atoms with van der Waals surface area (Å²) in [6.45, 7) is 4.86. The molecule has 0 radical (unpaired) electrons. The van der Waals surface area contributed by atoms with E-state index in [1.165, 1.54) is 6.92 Å². The summed E-state index contributed by atoms with van der Waals surface area (Å²) in [6, 6.07) is -0.958. The van der Waals surface area contributed by atoms with E-state index < -0.39 is 12.0 Å². The Labute approximate surface area is 77.1 Å². The van der Waals surface area contributed by atoms with Crippen LogP contribution in [0.2, 0.25) is 0 Å². The van der Waals surface area contributed by atoms with Crippen LogP contribution in [0.25, 0.3) is 0 Å². The molecule has 0 aliphatic heterocycles. The molecule has 5 heteroatoms. The Morgan fingerprint density at radius 2 is 2.00 bits per heavy atom. The van der Waals surface area contributed by atoms with E-state index in [-0.39, 0.29) is 18.6 Å². The van der Waals surface area contributed by atoms with Gasteiger partial charge in [0, 0.05) is 6.92 Å². The normalized spacial score (nSPS) is 12.6. The highest BCUT2D eigenvalue weighted by Crippen LogP contribution is 1.92. The van der Waals surface area contributed by atoms with Crippen LogP contribution in [0.5, 0.6) is 0 Å². The van der Waals surface area contributed by atoms with Crippen LogP contribution in [0.4, 0.5) is 0 Å². The van der Waals surface area contributed by atoms with Gasteiger partial charge in [0.05, 0.1) is 12.7 Å². The largest absolute Gasteiger partial charge is 0.480 e. The average molecular weight is 189 g/mol. The molecule has 1 unspecified atom stereocenters. The maximum atomic E-state index is 10.6. The van der Waals surface area contributed by atoms with Gasteiger partial charge in [-0.05, 0) is 13.8 Å². The average Bonchev–Trinajstić information content (AvgIpc) is 1.96. The van der Waals surface area contributed by atoms with Crippen molar-refractivity contribution in [2.24, 2.45) is 0 Å². The third-order valence-corrected chi connectivity index (χ3v) is 1.27. The van der Waals surface area contributed by atoms with Gasteiger partial charge in [0.2, 0.25) is 5.91 Å². The van der Waals surface area contributed by atoms with E-state index >= 15 is 0 Å². The van der Waals surface area contributed by atoms with Crippen molar-refractivity contribution in [3.05, 3.63) is 0 Å². The van der Waals surface area contributed by atoms with Crippen LogP contribution in [0.1, 0.15) is 20.8 Å². The summed E-state index contributed by atoms with van der Waals surface area (Å²) in [5.74, 6) is -1.46. The van der Waals surface area contributed by atoms with Crippen LogP contribution in [0, 0.1) is 0 Å². The molecular weight excluding hydrogens is 174 g/mol. The SMILES string of the molecule is CC(=O)NC(COC(C)C)C(=O)O. The van der Waals surface area contributed by atoms with E-state index in [0.29, 0.717) is 0 Å². The molecule has 0 bridgehead atoms. The molecule has 0 rings (SSSR count). The molecule has 0 saturated carbocycles. The van der Waals surface area contributed by atoms with Crippen molar-refractivity contribution in [2.45, 2.75) is 32.9 Å². The number of rotatable bonds is 5. The van der Waals surface area contributed by atoms with E-state index in [0.717, 1.165) is 0 Å². The molecule has 1 amide bonds. The van der Waals surface area contributed by atoms with Gasteiger partial charge < -0.3 is 15.2 Å². The lowest BCUT2D eigenvalue weighted by molar-refractivity contribution is -0.143. The first-order valence-electron chi connectivity index (χ1n) is 4.05. The lowest BCUT2D eigenvalue weighted by Crippen LogP contribution is -2.43. The Kier molecular flexibility index (Phi) is 5.06. The van der Waals surface area contributed by atoms with Gasteiger partial charge >= 0.3 is 5.97 Å². The zero-order valence-electron chi connectivity index (χ0n) is 8.03. The fourth-order valence-corrected chi connectivity index (χ4v) is 0.709. The first-order chi connectivity index (χ1) is 5.93. The monoisotopic (exact) mass is 189 g/mol. The Morgan fingerprint density at radius 1 is 1.46 bits per heavy atom. The molecule has 0 aromatic carbocycles. The van der Waals surface area contributed by atoms with E-state index in [2.05, 4.69) is 5.32 Å². The van der Waals surface area contributed by atoms with Gasteiger partial charge in [-0.15, -0.1) is 0 Å². The van der Waals surface area contributed by atoms with Crippen LogP contribution < -0.4 is 5.32 Å². The molecule has 0 aromatic rings. The summed E-state index contributed by atoms with van der Waals surface area (Å²) in [5, 5.41) is 10.9. The third kappa shape index (κ3) is 6.10. The second-order valence-electron chi connectivity index (χ2n) is 2.97. The Morgan fingerprint density at radius 3 is 2.31 bits per heavy atom. The van der Waals surface area contributed by atoms with Crippen LogP contribution >= 0.6 is 0 Å². The first-order valence-corrected chi connectivity index (χ1v) is 4.05. The van der Waals surface area contributed by atoms with E-state index in [9.17, 15) is 9.59 Å². The molecule has 0 heterocycles. The van der Waals surface area contributed by atoms with E-state index in [4.69, 9.17) is 9.84 Å². The highest BCUT2D eigenvalue weighted by atomic mass is 16.5. The summed E-state index contributed by atoms with van der Waals surface area (Å²) >= 11 is 0. The van der Waals surface area contributed by atoms with Gasteiger partial charge in [-0.3, -0.25) is 4.79 Å². The van der Waals surface area contributed by atoms with Gasteiger partial charge in [0.25, 0.3) is 0 Å². The molecule has 0 aliphatic carbocycles. The number of amides is 1. The maximum absolute atomic E-state index is 10.6. The van der Waals surface area contributed by atoms with Crippen molar-refractivity contribution < 1.29 is 19.4 Å². The molecule has 1 atom stereocenters. The highest BCUT2D eigenvalue weighted by molar-refractivity contribution is 5.82. The minimum absolute atomic E-state index is 0.00736. The molecule has 5 nitrogen and oxygen atoms in total. The van der Waals surface area contributed by atoms with Gasteiger partial charge in [0.15, 0.2) is 6.04 Å². The lowest BCUT2D eigenvalue weighted by Gasteiger charge is -2.15. The van der Waals surface area contributed by atoms with Gasteiger partial charge in [-0.25, -0.2) is 4.79 Å². The second kappa shape index (κ2) is 5.53. The Bertz CT molecular complexity index is 191. The predicted octanol–water partition coefficient (Wildman–Crippen LogP) is 0.000700. The van der Waals surface area contributed by atoms with Crippen molar-refractivity contribution in [1.82, 2.24) is 5.32 Å². The zero-order chi connectivity index (χ0) is 10.4. The molecule has 0 aliphatic rings. The van der Waals surface area contributed by atoms with Crippen molar-refractivity contribution in [3.63, 3.8) is 0 Å². The number of hydrogen-bond donors (Lipinski definition) is 2. The molecule has 2 N–H and O–H groups in total. The molecule has 0 saturated heterocycles. The van der Waals surface area contributed by atoms with Crippen LogP contribution in [-0.4, -0.2) is 35.7 Å². The number of carboxylic acid groups (broad SMARTS) is 1. The van der Waals surface area contributed by atoms with Crippen molar-refractivity contribution in [1.29, 1.82) is 0 Å². The highest BCUT2D eigenvalue weighted by Gasteiger charge is 2.18. The van der Waals surface area contributed by atoms with Gasteiger partial charge in [-0.2, -0.15) is 0 Å². The quantitative estimate of drug-likeness (QED) is 0.638. The molecule has 0 aromatic heterocycles. The number of ether oxygens (including phenoxy) is 1. The number of carbonyl (C=O) groups is 2. The Hall–Kier alpha value is -1.10. The number of hydrogen-bond acceptors (Lipinski definition) is 3. The number of aliphatic carboxylic acids is 1. The number of nitrogens with one attached hydrogen (secondary N) is 1. The van der Waals surface area contributed by atoms with Crippen molar-refractivity contribution >= 4 is 11.9 Å². The predicted molar refractivity (Wildman–Crippen MR) is 46.3 cm³/mol. The van der Waals surface area contributed by atoms with Crippen molar-refractivity contribution in [2.75, 3.05) is 6.61 Å². The number of carbonyl (C=O) groups excluding carboxylic acids is 1. The van der Waals surface area contributed by atoms with Crippen LogP contribution in [0.15, 0.2) is 0 Å². The fourth-order valence-electron chi connectivity index (χ4n) is 0.709. The topological polar surface area (TPSA) is 75.6 Å². The van der Waals surface area contributed by atoms with E-state index in [1.54, 1.807) is 13.8 Å². The zero-order valence-corrected chi connectivity index (χ0v) is 8.03. The van der Waals surface area contributed by atoms with Crippen molar-refractivity contribution in [3.8, 4) is 0 Å². The molecule has 0 spiro atoms. The summed E-state index contributed by atoms with van der Waals surface area (Å²) in [7, 11) is 0. The standard InChI is InChI=1S/C8H15NO4/c1-5(2)13-4-7(8(11)12)9-6(3)10/h5,7H,4H2,1-3H3,(H,9,10)(H,11,12). The lowest BCUT2D eigenvalue weighted by atomic mass is 10.3. The third-order valence-electron chi connectivity index (χ3n) is 1.27. The molecule has 0 fully saturated rings. The van der Waals surface area contributed by atoms with Gasteiger partial charge in [0.1, 0.15) is 0 Å². The smallest absolute Gasteiger partial charge is 0.328 e. The van der Waals surface area contributed by atoms with Crippen LogP contribution in [-0.2, 0) is 14.3 Å². The summed E-state index contributed by atoms with van der Waals surface area (Å²) in [6.07, 6.45) is -0.0457. The Balaban J connectivity index is 3.95. The maximum Gasteiger partial charge on any atom is 0.328 e. The number of carboxylic acids is 1. The summed E-state index contributed by atoms with van der Waals surface area (Å²) in [5.41, 5.74) is 0. The second-order valence-corrected chi connectivity index (χ2v) is 2.97. The molecular formula is C8H15NO4. The summed E-state index contributed by atoms with van der Waals surface area (Å²) < 4.78 is 5.07. The minimum Gasteiger partial charge on any atom is -0.480 e. The van der Waals surface area contributed by atoms with E-state index in [1.807, 2.05) is 0 Å². The first kappa shape index (κ1) is 11.9. The fraction of sp³-hybridized carbons (Fsp3) is 0.750. The minimum atomic E-state index is -1.09.